The van der Waals surface area contributed by atoms with Crippen molar-refractivity contribution in [2.24, 2.45) is 5.41 Å². The van der Waals surface area contributed by atoms with Gasteiger partial charge in [-0.25, -0.2) is 0 Å². The minimum Gasteiger partial charge on any atom is -0.480 e. The highest BCUT2D eigenvalue weighted by molar-refractivity contribution is 5.99. The topological polar surface area (TPSA) is 83.1 Å². The Morgan fingerprint density at radius 2 is 2.08 bits per heavy atom. The molecular formula is C17H21N5O2. The Morgan fingerprint density at radius 1 is 1.25 bits per heavy atom. The number of methoxy groups -OCH3 is 1. The molecule has 1 spiro atoms. The molecule has 0 saturated carbocycles. The van der Waals surface area contributed by atoms with Crippen LogP contribution in [0.5, 0.6) is 5.88 Å². The molecule has 7 nitrogen and oxygen atoms in total. The monoisotopic (exact) mass is 327 g/mol. The second kappa shape index (κ2) is 5.90. The molecule has 0 aliphatic carbocycles. The minimum atomic E-state index is -0.205. The quantitative estimate of drug-likeness (QED) is 0.894. The Morgan fingerprint density at radius 3 is 2.79 bits per heavy atom. The fourth-order valence-electron chi connectivity index (χ4n) is 3.76. The van der Waals surface area contributed by atoms with Gasteiger partial charge in [-0.2, -0.15) is 10.1 Å². The number of nitrogens with zero attached hydrogens (tertiary/aromatic N) is 3. The first-order valence-corrected chi connectivity index (χ1v) is 8.30. The largest absolute Gasteiger partial charge is 0.480 e. The van der Waals surface area contributed by atoms with E-state index in [1.165, 1.54) is 0 Å². The van der Waals surface area contributed by atoms with Crippen LogP contribution in [0.25, 0.3) is 11.1 Å². The van der Waals surface area contributed by atoms with Crippen LogP contribution in [0.2, 0.25) is 0 Å². The first-order chi connectivity index (χ1) is 11.7. The maximum atomic E-state index is 13.0. The van der Waals surface area contributed by atoms with Gasteiger partial charge in [0.05, 0.1) is 18.7 Å². The van der Waals surface area contributed by atoms with Gasteiger partial charge in [0.25, 0.3) is 0 Å². The molecule has 0 aromatic carbocycles. The van der Waals surface area contributed by atoms with Gasteiger partial charge in [0.1, 0.15) is 5.82 Å². The van der Waals surface area contributed by atoms with Gasteiger partial charge in [-0.05, 0) is 44.5 Å². The van der Waals surface area contributed by atoms with Crippen molar-refractivity contribution in [2.75, 3.05) is 31.6 Å². The van der Waals surface area contributed by atoms with E-state index in [-0.39, 0.29) is 11.3 Å². The number of anilines is 1. The predicted octanol–water partition coefficient (Wildman–Crippen LogP) is 1.59. The van der Waals surface area contributed by atoms with E-state index >= 15 is 0 Å². The van der Waals surface area contributed by atoms with Gasteiger partial charge in [-0.15, -0.1) is 0 Å². The van der Waals surface area contributed by atoms with E-state index in [0.717, 1.165) is 50.0 Å². The maximum Gasteiger partial charge on any atom is 0.234 e. The van der Waals surface area contributed by atoms with Crippen molar-refractivity contribution in [2.45, 2.75) is 19.3 Å². The number of pyridine rings is 1. The van der Waals surface area contributed by atoms with Crippen LogP contribution in [0.15, 0.2) is 24.5 Å². The first-order valence-electron chi connectivity index (χ1n) is 8.30. The fraction of sp³-hybridized carbons (Fsp3) is 0.471. The lowest BCUT2D eigenvalue weighted by Gasteiger charge is -2.31. The Labute approximate surface area is 140 Å². The lowest BCUT2D eigenvalue weighted by Crippen LogP contribution is -2.42. The molecule has 4 heterocycles. The number of aromatic amines is 1. The van der Waals surface area contributed by atoms with Crippen LogP contribution < -0.4 is 15.0 Å². The molecule has 1 amide bonds. The van der Waals surface area contributed by atoms with Crippen LogP contribution in [0, 0.1) is 5.41 Å². The van der Waals surface area contributed by atoms with E-state index in [1.807, 2.05) is 17.0 Å². The second-order valence-electron chi connectivity index (χ2n) is 6.45. The lowest BCUT2D eigenvalue weighted by atomic mass is 9.78. The summed E-state index contributed by atoms with van der Waals surface area (Å²) in [6, 6.07) is 3.83. The number of carbonyl (C=O) groups excluding carboxylic acids is 1. The highest BCUT2D eigenvalue weighted by Crippen LogP contribution is 2.42. The highest BCUT2D eigenvalue weighted by atomic mass is 16.5. The first kappa shape index (κ1) is 15.1. The Kier molecular flexibility index (Phi) is 3.72. The summed E-state index contributed by atoms with van der Waals surface area (Å²) in [6.07, 6.45) is 6.24. The fourth-order valence-corrected chi connectivity index (χ4v) is 3.76. The van der Waals surface area contributed by atoms with Crippen molar-refractivity contribution in [1.29, 1.82) is 0 Å². The van der Waals surface area contributed by atoms with Crippen LogP contribution in [-0.2, 0) is 4.79 Å². The number of hydrogen-bond acceptors (Lipinski definition) is 5. The number of aromatic nitrogens is 3. The van der Waals surface area contributed by atoms with E-state index in [0.29, 0.717) is 11.7 Å². The molecule has 24 heavy (non-hydrogen) atoms. The zero-order chi connectivity index (χ0) is 16.6. The summed E-state index contributed by atoms with van der Waals surface area (Å²) in [5, 5.41) is 10.1. The summed E-state index contributed by atoms with van der Waals surface area (Å²) in [4.78, 5) is 19.4. The number of nitrogens with one attached hydrogen (secondary N) is 2. The number of H-pyrrole nitrogens is 1. The van der Waals surface area contributed by atoms with Crippen molar-refractivity contribution in [3.8, 4) is 17.0 Å². The minimum absolute atomic E-state index is 0.203. The molecule has 2 aromatic heterocycles. The summed E-state index contributed by atoms with van der Waals surface area (Å²) in [6.45, 7) is 2.55. The van der Waals surface area contributed by atoms with Gasteiger partial charge < -0.3 is 10.1 Å². The molecule has 0 bridgehead atoms. The molecule has 2 aliphatic rings. The Hall–Kier alpha value is -2.41. The molecule has 4 rings (SSSR count). The summed E-state index contributed by atoms with van der Waals surface area (Å²) < 4.78 is 5.44. The van der Waals surface area contributed by atoms with E-state index in [9.17, 15) is 4.79 Å². The van der Waals surface area contributed by atoms with Crippen molar-refractivity contribution >= 4 is 11.7 Å². The zero-order valence-corrected chi connectivity index (χ0v) is 13.7. The lowest BCUT2D eigenvalue weighted by molar-refractivity contribution is -0.126. The molecular weight excluding hydrogens is 306 g/mol. The molecule has 2 aliphatic heterocycles. The summed E-state index contributed by atoms with van der Waals surface area (Å²) in [7, 11) is 1.59. The van der Waals surface area contributed by atoms with E-state index in [1.54, 1.807) is 19.5 Å². The SMILES string of the molecule is COc1nc(N2CCC3(CCNCC3)C2=O)ccc1-c1cn[nH]c1. The molecule has 2 fully saturated rings. The van der Waals surface area contributed by atoms with Crippen molar-refractivity contribution in [3.05, 3.63) is 24.5 Å². The molecule has 2 aromatic rings. The summed E-state index contributed by atoms with van der Waals surface area (Å²) in [5.74, 6) is 1.38. The smallest absolute Gasteiger partial charge is 0.234 e. The molecule has 2 N–H and O–H groups in total. The van der Waals surface area contributed by atoms with Crippen LogP contribution in [0.1, 0.15) is 19.3 Å². The molecule has 0 radical (unpaired) electrons. The predicted molar refractivity (Wildman–Crippen MR) is 89.9 cm³/mol. The zero-order valence-electron chi connectivity index (χ0n) is 13.7. The third-order valence-electron chi connectivity index (χ3n) is 5.20. The van der Waals surface area contributed by atoms with Crippen LogP contribution in [0.4, 0.5) is 5.82 Å². The molecule has 2 saturated heterocycles. The maximum absolute atomic E-state index is 13.0. The number of rotatable bonds is 3. The summed E-state index contributed by atoms with van der Waals surface area (Å²) >= 11 is 0. The normalized spacial score (nSPS) is 19.9. The summed E-state index contributed by atoms with van der Waals surface area (Å²) in [5.41, 5.74) is 1.57. The Balaban J connectivity index is 1.64. The number of piperidine rings is 1. The average molecular weight is 327 g/mol. The van der Waals surface area contributed by atoms with Crippen molar-refractivity contribution in [1.82, 2.24) is 20.5 Å². The van der Waals surface area contributed by atoms with Gasteiger partial charge in [-0.1, -0.05) is 0 Å². The van der Waals surface area contributed by atoms with Gasteiger partial charge in [0.2, 0.25) is 11.8 Å². The van der Waals surface area contributed by atoms with Gasteiger partial charge in [0, 0.05) is 23.9 Å². The standard InChI is InChI=1S/C17H21N5O2/c1-24-15-13(12-10-19-20-11-12)2-3-14(21-15)22-9-6-17(16(22)23)4-7-18-8-5-17/h2-3,10-11,18H,4-9H2,1H3,(H,19,20). The van der Waals surface area contributed by atoms with Crippen molar-refractivity contribution < 1.29 is 9.53 Å². The van der Waals surface area contributed by atoms with Gasteiger partial charge >= 0.3 is 0 Å². The van der Waals surface area contributed by atoms with Crippen LogP contribution >= 0.6 is 0 Å². The van der Waals surface area contributed by atoms with E-state index in [2.05, 4.69) is 20.5 Å². The third kappa shape index (κ3) is 2.36. The number of ether oxygens (including phenoxy) is 1. The molecule has 7 heteroatoms. The molecule has 126 valence electrons. The van der Waals surface area contributed by atoms with Crippen LogP contribution in [0.3, 0.4) is 0 Å². The van der Waals surface area contributed by atoms with Crippen LogP contribution in [-0.4, -0.2) is 47.8 Å². The van der Waals surface area contributed by atoms with Gasteiger partial charge in [-0.3, -0.25) is 14.8 Å². The molecule has 0 unspecified atom stereocenters. The average Bonchev–Trinajstić information content (AvgIpc) is 3.25. The second-order valence-corrected chi connectivity index (χ2v) is 6.45. The van der Waals surface area contributed by atoms with E-state index in [4.69, 9.17) is 4.74 Å². The number of amides is 1. The third-order valence-corrected chi connectivity index (χ3v) is 5.20. The van der Waals surface area contributed by atoms with Crippen molar-refractivity contribution in [3.63, 3.8) is 0 Å². The number of carbonyl (C=O) groups is 1. The Bertz CT molecular complexity index is 737. The highest BCUT2D eigenvalue weighted by Gasteiger charge is 2.47. The van der Waals surface area contributed by atoms with Gasteiger partial charge in [0.15, 0.2) is 0 Å². The van der Waals surface area contributed by atoms with E-state index < -0.39 is 0 Å². The molecule has 0 atom stereocenters. The number of hydrogen-bond donors (Lipinski definition) is 2.